The molecule has 0 saturated carbocycles. The Kier molecular flexibility index (Phi) is 7.54. The lowest BCUT2D eigenvalue weighted by atomic mass is 10.3. The van der Waals surface area contributed by atoms with Crippen molar-refractivity contribution in [1.82, 2.24) is 10.2 Å². The molecule has 94 valence electrons. The van der Waals surface area contributed by atoms with E-state index in [2.05, 4.69) is 5.32 Å². The maximum atomic E-state index is 11.7. The van der Waals surface area contributed by atoms with Crippen molar-refractivity contribution >= 4 is 11.9 Å². The molecule has 0 fully saturated rings. The number of nitrogens with one attached hydrogen (secondary N) is 1. The normalized spacial score (nSPS) is 12.2. The molecule has 0 bridgehead atoms. The van der Waals surface area contributed by atoms with Crippen LogP contribution in [0.3, 0.4) is 0 Å². The van der Waals surface area contributed by atoms with Crippen LogP contribution < -0.4 is 5.32 Å². The fourth-order valence-electron chi connectivity index (χ4n) is 1.34. The molecule has 0 rings (SSSR count). The molecule has 0 aliphatic rings. The van der Waals surface area contributed by atoms with Crippen molar-refractivity contribution in [3.05, 3.63) is 0 Å². The Morgan fingerprint density at radius 2 is 1.75 bits per heavy atom. The summed E-state index contributed by atoms with van der Waals surface area (Å²) in [6, 6.07) is -0.686. The summed E-state index contributed by atoms with van der Waals surface area (Å²) in [6.45, 7) is 7.12. The third kappa shape index (κ3) is 5.70. The third-order valence-corrected chi connectivity index (χ3v) is 2.27. The van der Waals surface area contributed by atoms with E-state index in [0.717, 1.165) is 25.9 Å². The highest BCUT2D eigenvalue weighted by Gasteiger charge is 2.15. The average Bonchev–Trinajstić information content (AvgIpc) is 2.24. The van der Waals surface area contributed by atoms with Crippen LogP contribution in [-0.2, 0) is 9.59 Å². The summed E-state index contributed by atoms with van der Waals surface area (Å²) in [5.74, 6) is -0.970. The van der Waals surface area contributed by atoms with E-state index in [9.17, 15) is 9.59 Å². The first-order valence-corrected chi connectivity index (χ1v) is 5.76. The van der Waals surface area contributed by atoms with Crippen LogP contribution in [0.2, 0.25) is 0 Å². The van der Waals surface area contributed by atoms with E-state index in [1.54, 1.807) is 4.90 Å². The van der Waals surface area contributed by atoms with Crippen molar-refractivity contribution < 1.29 is 14.7 Å². The predicted octanol–water partition coefficient (Wildman–Crippen LogP) is 0.698. The Balaban J connectivity index is 4.04. The zero-order valence-corrected chi connectivity index (χ0v) is 10.3. The van der Waals surface area contributed by atoms with Gasteiger partial charge in [0, 0.05) is 13.1 Å². The van der Waals surface area contributed by atoms with E-state index in [4.69, 9.17) is 5.11 Å². The number of nitrogens with zero attached hydrogens (tertiary/aromatic N) is 1. The third-order valence-electron chi connectivity index (χ3n) is 2.27. The average molecular weight is 230 g/mol. The molecule has 0 radical (unpaired) electrons. The van der Waals surface area contributed by atoms with Gasteiger partial charge in [-0.15, -0.1) is 0 Å². The second kappa shape index (κ2) is 8.10. The van der Waals surface area contributed by atoms with E-state index in [1.165, 1.54) is 6.92 Å². The van der Waals surface area contributed by atoms with E-state index >= 15 is 0 Å². The van der Waals surface area contributed by atoms with Gasteiger partial charge in [-0.05, 0) is 19.8 Å². The number of hydrogen-bond donors (Lipinski definition) is 2. The molecule has 0 aromatic carbocycles. The Morgan fingerprint density at radius 1 is 1.25 bits per heavy atom. The van der Waals surface area contributed by atoms with Gasteiger partial charge in [-0.2, -0.15) is 0 Å². The van der Waals surface area contributed by atoms with E-state index in [-0.39, 0.29) is 12.5 Å². The van der Waals surface area contributed by atoms with Crippen LogP contribution in [0.5, 0.6) is 0 Å². The topological polar surface area (TPSA) is 69.6 Å². The lowest BCUT2D eigenvalue weighted by Crippen LogP contribution is -2.43. The number of amides is 1. The van der Waals surface area contributed by atoms with Crippen molar-refractivity contribution in [2.24, 2.45) is 0 Å². The van der Waals surface area contributed by atoms with Gasteiger partial charge in [0.2, 0.25) is 5.91 Å². The Bertz CT molecular complexity index is 225. The van der Waals surface area contributed by atoms with Crippen molar-refractivity contribution in [2.75, 3.05) is 19.6 Å². The summed E-state index contributed by atoms with van der Waals surface area (Å²) in [7, 11) is 0. The highest BCUT2D eigenvalue weighted by molar-refractivity contribution is 5.79. The summed E-state index contributed by atoms with van der Waals surface area (Å²) in [6.07, 6.45) is 1.83. The molecule has 2 N–H and O–H groups in total. The van der Waals surface area contributed by atoms with Crippen LogP contribution in [0.1, 0.15) is 33.6 Å². The standard InChI is InChI=1S/C11H22N2O3/c1-4-6-13(7-5-2)10(14)8-12-9(3)11(15)16/h9,12H,4-8H2,1-3H3,(H,15,16)/t9-/m1/s1. The van der Waals surface area contributed by atoms with Crippen molar-refractivity contribution in [3.63, 3.8) is 0 Å². The number of carboxylic acids is 1. The molecule has 0 heterocycles. The van der Waals surface area contributed by atoms with Gasteiger partial charge in [0.05, 0.1) is 6.54 Å². The molecule has 1 atom stereocenters. The fourth-order valence-corrected chi connectivity index (χ4v) is 1.34. The maximum Gasteiger partial charge on any atom is 0.320 e. The Morgan fingerprint density at radius 3 is 2.12 bits per heavy atom. The zero-order valence-electron chi connectivity index (χ0n) is 10.3. The minimum absolute atomic E-state index is 0.0307. The van der Waals surface area contributed by atoms with E-state index in [0.29, 0.717) is 0 Å². The molecule has 1 amide bonds. The molecule has 0 aromatic heterocycles. The number of carboxylic acid groups (broad SMARTS) is 1. The maximum absolute atomic E-state index is 11.7. The monoisotopic (exact) mass is 230 g/mol. The largest absolute Gasteiger partial charge is 0.480 e. The first-order valence-electron chi connectivity index (χ1n) is 5.76. The fraction of sp³-hybridized carbons (Fsp3) is 0.818. The quantitative estimate of drug-likeness (QED) is 0.644. The van der Waals surface area contributed by atoms with Crippen molar-refractivity contribution in [2.45, 2.75) is 39.7 Å². The number of carbonyl (C=O) groups excluding carboxylic acids is 1. The van der Waals surface area contributed by atoms with Crippen LogP contribution in [0.15, 0.2) is 0 Å². The molecule has 5 nitrogen and oxygen atoms in total. The highest BCUT2D eigenvalue weighted by atomic mass is 16.4. The summed E-state index contributed by atoms with van der Waals surface area (Å²) >= 11 is 0. The van der Waals surface area contributed by atoms with Gasteiger partial charge >= 0.3 is 5.97 Å². The summed E-state index contributed by atoms with van der Waals surface area (Å²) in [5.41, 5.74) is 0. The molecule has 0 unspecified atom stereocenters. The molecule has 0 spiro atoms. The van der Waals surface area contributed by atoms with Gasteiger partial charge in [-0.1, -0.05) is 13.8 Å². The molecule has 5 heteroatoms. The summed E-state index contributed by atoms with van der Waals surface area (Å²) in [4.78, 5) is 24.0. The first-order chi connectivity index (χ1) is 7.52. The van der Waals surface area contributed by atoms with Gasteiger partial charge in [-0.25, -0.2) is 0 Å². The Labute approximate surface area is 96.8 Å². The minimum atomic E-state index is -0.940. The smallest absolute Gasteiger partial charge is 0.320 e. The number of carbonyl (C=O) groups is 2. The molecule has 0 aromatic rings. The van der Waals surface area contributed by atoms with Gasteiger partial charge in [-0.3, -0.25) is 14.9 Å². The van der Waals surface area contributed by atoms with E-state index < -0.39 is 12.0 Å². The molecular weight excluding hydrogens is 208 g/mol. The van der Waals surface area contributed by atoms with Gasteiger partial charge in [0.25, 0.3) is 0 Å². The predicted molar refractivity (Wildman–Crippen MR) is 62.3 cm³/mol. The number of hydrogen-bond acceptors (Lipinski definition) is 3. The first kappa shape index (κ1) is 14.9. The molecule has 16 heavy (non-hydrogen) atoms. The molecular formula is C11H22N2O3. The molecule has 0 aliphatic heterocycles. The van der Waals surface area contributed by atoms with E-state index in [1.807, 2.05) is 13.8 Å². The highest BCUT2D eigenvalue weighted by Crippen LogP contribution is 1.95. The minimum Gasteiger partial charge on any atom is -0.480 e. The SMILES string of the molecule is CCCN(CCC)C(=O)CN[C@H](C)C(=O)O. The van der Waals surface area contributed by atoms with Crippen LogP contribution in [0, 0.1) is 0 Å². The second-order valence-electron chi connectivity index (χ2n) is 3.82. The van der Waals surface area contributed by atoms with Crippen LogP contribution in [0.25, 0.3) is 0 Å². The molecule has 0 saturated heterocycles. The van der Waals surface area contributed by atoms with Crippen LogP contribution in [0.4, 0.5) is 0 Å². The lowest BCUT2D eigenvalue weighted by Gasteiger charge is -2.22. The summed E-state index contributed by atoms with van der Waals surface area (Å²) in [5, 5.41) is 11.3. The van der Waals surface area contributed by atoms with Gasteiger partial charge in [0.15, 0.2) is 0 Å². The lowest BCUT2D eigenvalue weighted by molar-refractivity contribution is -0.139. The summed E-state index contributed by atoms with van der Waals surface area (Å²) < 4.78 is 0. The van der Waals surface area contributed by atoms with Crippen molar-refractivity contribution in [1.29, 1.82) is 0 Å². The second-order valence-corrected chi connectivity index (χ2v) is 3.82. The Hall–Kier alpha value is -1.10. The molecule has 0 aliphatic carbocycles. The number of aliphatic carboxylic acids is 1. The number of rotatable bonds is 8. The zero-order chi connectivity index (χ0) is 12.6. The van der Waals surface area contributed by atoms with Gasteiger partial charge in [0.1, 0.15) is 6.04 Å². The van der Waals surface area contributed by atoms with Gasteiger partial charge < -0.3 is 10.0 Å². The van der Waals surface area contributed by atoms with Crippen molar-refractivity contribution in [3.8, 4) is 0 Å². The van der Waals surface area contributed by atoms with Crippen LogP contribution in [-0.4, -0.2) is 47.6 Å². The van der Waals surface area contributed by atoms with Crippen LogP contribution >= 0.6 is 0 Å².